The van der Waals surface area contributed by atoms with Gasteiger partial charge in [-0.2, -0.15) is 0 Å². The average Bonchev–Trinajstić information content (AvgIpc) is 2.62. The van der Waals surface area contributed by atoms with Gasteiger partial charge in [-0.15, -0.1) is 0 Å². The van der Waals surface area contributed by atoms with Crippen molar-refractivity contribution in [1.29, 1.82) is 0 Å². The molecule has 1 aromatic rings. The van der Waals surface area contributed by atoms with Crippen molar-refractivity contribution in [3.63, 3.8) is 0 Å². The molecule has 0 N–H and O–H groups in total. The summed E-state index contributed by atoms with van der Waals surface area (Å²) in [5.74, 6) is 0.0218. The van der Waals surface area contributed by atoms with Crippen LogP contribution in [0.4, 0.5) is 0 Å². The quantitative estimate of drug-likeness (QED) is 0.466. The molecule has 31 heavy (non-hydrogen) atoms. The average molecular weight is 431 g/mol. The van der Waals surface area contributed by atoms with E-state index in [0.29, 0.717) is 0 Å². The van der Waals surface area contributed by atoms with Crippen LogP contribution >= 0.6 is 0 Å². The summed E-state index contributed by atoms with van der Waals surface area (Å²) in [6, 6.07) is 0. The lowest BCUT2D eigenvalue weighted by atomic mass is 9.48. The van der Waals surface area contributed by atoms with Crippen LogP contribution in [0.25, 0.3) is 0 Å². The molecule has 0 amide bonds. The first-order valence-electron chi connectivity index (χ1n) is 11.6. The van der Waals surface area contributed by atoms with Crippen molar-refractivity contribution in [3.05, 3.63) is 33.4 Å². The number of hydrogen-bond donors (Lipinski definition) is 0. The molecule has 1 aliphatic heterocycles. The molecule has 0 radical (unpaired) electrons. The molecular formula is C28H46O3. The third kappa shape index (κ3) is 3.60. The third-order valence-corrected chi connectivity index (χ3v) is 9.84. The number of carbonyl (C=O) groups is 1. The summed E-state index contributed by atoms with van der Waals surface area (Å²) in [6.45, 7) is 32.0. The zero-order valence-electron chi connectivity index (χ0n) is 22.8. The molecule has 2 rings (SSSR count). The highest BCUT2D eigenvalue weighted by molar-refractivity contribution is 6.05. The van der Waals surface area contributed by atoms with Gasteiger partial charge in [-0.3, -0.25) is 4.79 Å². The van der Waals surface area contributed by atoms with Crippen molar-refractivity contribution in [2.45, 2.75) is 121 Å². The Morgan fingerprint density at radius 3 is 1.55 bits per heavy atom. The van der Waals surface area contributed by atoms with Gasteiger partial charge in [-0.25, -0.2) is 0 Å². The molecule has 1 aliphatic rings. The van der Waals surface area contributed by atoms with Crippen LogP contribution in [0.15, 0.2) is 0 Å². The maximum atomic E-state index is 13.9. The minimum Gasteiger partial charge on any atom is -0.346 e. The summed E-state index contributed by atoms with van der Waals surface area (Å²) in [6.07, 6.45) is -0.502. The monoisotopic (exact) mass is 430 g/mol. The van der Waals surface area contributed by atoms with E-state index < -0.39 is 17.5 Å². The molecule has 1 atom stereocenters. The van der Waals surface area contributed by atoms with Crippen LogP contribution in [0, 0.1) is 50.9 Å². The van der Waals surface area contributed by atoms with Crippen molar-refractivity contribution in [2.75, 3.05) is 0 Å². The van der Waals surface area contributed by atoms with Crippen LogP contribution in [0.3, 0.4) is 0 Å². The van der Waals surface area contributed by atoms with Crippen LogP contribution in [0.1, 0.15) is 107 Å². The van der Waals surface area contributed by atoms with Gasteiger partial charge in [-0.05, 0) is 101 Å². The zero-order valence-corrected chi connectivity index (χ0v) is 22.8. The Morgan fingerprint density at radius 2 is 1.13 bits per heavy atom. The van der Waals surface area contributed by atoms with Crippen molar-refractivity contribution in [1.82, 2.24) is 0 Å². The highest BCUT2D eigenvalue weighted by Gasteiger charge is 2.64. The highest BCUT2D eigenvalue weighted by Crippen LogP contribution is 2.63. The summed E-state index contributed by atoms with van der Waals surface area (Å²) in [5, 5.41) is 0. The fourth-order valence-electron chi connectivity index (χ4n) is 5.05. The van der Waals surface area contributed by atoms with Crippen LogP contribution in [-0.4, -0.2) is 23.3 Å². The van der Waals surface area contributed by atoms with Crippen LogP contribution in [-0.2, 0) is 9.47 Å². The summed E-state index contributed by atoms with van der Waals surface area (Å²) in [4.78, 5) is 13.9. The Balaban J connectivity index is 2.53. The van der Waals surface area contributed by atoms with Gasteiger partial charge in [0.15, 0.2) is 12.1 Å². The van der Waals surface area contributed by atoms with E-state index in [2.05, 4.69) is 76.2 Å². The second-order valence-corrected chi connectivity index (χ2v) is 12.4. The van der Waals surface area contributed by atoms with E-state index in [4.69, 9.17) is 9.47 Å². The molecule has 1 fully saturated rings. The zero-order chi connectivity index (χ0) is 24.5. The van der Waals surface area contributed by atoms with Crippen LogP contribution in [0.2, 0.25) is 0 Å². The second-order valence-electron chi connectivity index (χ2n) is 12.4. The topological polar surface area (TPSA) is 35.5 Å². The van der Waals surface area contributed by atoms with Crippen LogP contribution < -0.4 is 0 Å². The Bertz CT molecular complexity index is 868. The van der Waals surface area contributed by atoms with Gasteiger partial charge in [-0.1, -0.05) is 41.5 Å². The minimum absolute atomic E-state index is 0.0218. The minimum atomic E-state index is -1.01. The van der Waals surface area contributed by atoms with E-state index in [-0.39, 0.29) is 22.0 Å². The first-order chi connectivity index (χ1) is 13.6. The van der Waals surface area contributed by atoms with Crippen molar-refractivity contribution in [3.8, 4) is 0 Å². The lowest BCUT2D eigenvalue weighted by Crippen LogP contribution is -2.67. The first kappa shape index (κ1) is 26.1. The standard InChI is InChI=1S/C28H46O3/c1-16-17(2)19(4)21(20(5)18(16)3)22(29)25(8,9)30-23-24(6,7)26(10,11)27(12,13)28(14,15)31-23/h23H,1-15H3. The van der Waals surface area contributed by atoms with E-state index in [0.717, 1.165) is 16.7 Å². The molecule has 1 heterocycles. The van der Waals surface area contributed by atoms with Gasteiger partial charge in [0.05, 0.1) is 5.60 Å². The Morgan fingerprint density at radius 1 is 0.742 bits per heavy atom. The maximum absolute atomic E-state index is 13.9. The summed E-state index contributed by atoms with van der Waals surface area (Å²) in [5.41, 5.74) is 4.61. The fourth-order valence-corrected chi connectivity index (χ4v) is 5.05. The van der Waals surface area contributed by atoms with Crippen molar-refractivity contribution >= 4 is 5.78 Å². The number of ketones is 1. The summed E-state index contributed by atoms with van der Waals surface area (Å²) >= 11 is 0. The molecule has 0 aromatic heterocycles. The van der Waals surface area contributed by atoms with Gasteiger partial charge >= 0.3 is 0 Å². The molecule has 0 spiro atoms. The molecule has 1 unspecified atom stereocenters. The molecule has 1 aromatic carbocycles. The molecule has 0 aliphatic carbocycles. The van der Waals surface area contributed by atoms with Gasteiger partial charge in [0.25, 0.3) is 0 Å². The van der Waals surface area contributed by atoms with E-state index in [1.54, 1.807) is 0 Å². The SMILES string of the molecule is Cc1c(C)c(C)c(C(=O)C(C)(C)OC2OC(C)(C)C(C)(C)C(C)(C)C2(C)C)c(C)c1C. The summed E-state index contributed by atoms with van der Waals surface area (Å²) < 4.78 is 13.2. The number of benzene rings is 1. The number of ether oxygens (including phenoxy) is 2. The second kappa shape index (κ2) is 7.42. The molecule has 1 saturated heterocycles. The number of rotatable bonds is 4. The molecular weight excluding hydrogens is 384 g/mol. The molecule has 3 heteroatoms. The lowest BCUT2D eigenvalue weighted by Gasteiger charge is -2.65. The third-order valence-electron chi connectivity index (χ3n) is 9.84. The Kier molecular flexibility index (Phi) is 6.24. The highest BCUT2D eigenvalue weighted by atomic mass is 16.7. The predicted octanol–water partition coefficient (Wildman–Crippen LogP) is 7.42. The normalized spacial score (nSPS) is 24.2. The molecule has 0 bridgehead atoms. The largest absolute Gasteiger partial charge is 0.346 e. The van der Waals surface area contributed by atoms with Crippen LogP contribution in [0.5, 0.6) is 0 Å². The van der Waals surface area contributed by atoms with Crippen molar-refractivity contribution < 1.29 is 14.3 Å². The first-order valence-corrected chi connectivity index (χ1v) is 11.6. The Labute approximate surface area is 191 Å². The van der Waals surface area contributed by atoms with E-state index in [1.807, 2.05) is 27.7 Å². The lowest BCUT2D eigenvalue weighted by molar-refractivity contribution is -0.369. The number of Topliss-reactive ketones (excluding diaryl/α,β-unsaturated/α-hetero) is 1. The fraction of sp³-hybridized carbons (Fsp3) is 0.750. The van der Waals surface area contributed by atoms with Gasteiger partial charge < -0.3 is 9.47 Å². The van der Waals surface area contributed by atoms with E-state index >= 15 is 0 Å². The predicted molar refractivity (Wildman–Crippen MR) is 130 cm³/mol. The summed E-state index contributed by atoms with van der Waals surface area (Å²) in [7, 11) is 0. The molecule has 3 nitrogen and oxygen atoms in total. The van der Waals surface area contributed by atoms with Gasteiger partial charge in [0.1, 0.15) is 5.60 Å². The van der Waals surface area contributed by atoms with E-state index in [1.165, 1.54) is 16.7 Å². The van der Waals surface area contributed by atoms with Crippen molar-refractivity contribution in [2.24, 2.45) is 16.2 Å². The number of carbonyl (C=O) groups excluding carboxylic acids is 1. The smallest absolute Gasteiger partial charge is 0.194 e. The Hall–Kier alpha value is -1.19. The van der Waals surface area contributed by atoms with Gasteiger partial charge in [0, 0.05) is 11.0 Å². The molecule has 0 saturated carbocycles. The van der Waals surface area contributed by atoms with Gasteiger partial charge in [0.2, 0.25) is 0 Å². The van der Waals surface area contributed by atoms with E-state index in [9.17, 15) is 4.79 Å². The number of hydrogen-bond acceptors (Lipinski definition) is 3. The maximum Gasteiger partial charge on any atom is 0.194 e. The molecule has 176 valence electrons.